The fourth-order valence-electron chi connectivity index (χ4n) is 2.15. The van der Waals surface area contributed by atoms with Gasteiger partial charge in [0.1, 0.15) is 18.2 Å². The number of benzene rings is 2. The first-order chi connectivity index (χ1) is 10.2. The van der Waals surface area contributed by atoms with E-state index in [1.54, 1.807) is 18.2 Å². The van der Waals surface area contributed by atoms with E-state index >= 15 is 0 Å². The van der Waals surface area contributed by atoms with Crippen molar-refractivity contribution in [2.75, 3.05) is 13.1 Å². The lowest BCUT2D eigenvalue weighted by Gasteiger charge is -2.10. The predicted octanol–water partition coefficient (Wildman–Crippen LogP) is 3.92. The molecule has 3 rings (SSSR count). The van der Waals surface area contributed by atoms with Crippen LogP contribution in [0.1, 0.15) is 11.1 Å². The Labute approximate surface area is 133 Å². The molecule has 1 heterocycles. The molecule has 0 saturated heterocycles. The molecule has 0 unspecified atom stereocenters. The molecule has 0 bridgehead atoms. The number of nitrogens with zero attached hydrogens (tertiary/aromatic N) is 1. The van der Waals surface area contributed by atoms with E-state index in [1.807, 2.05) is 18.2 Å². The van der Waals surface area contributed by atoms with E-state index in [1.165, 1.54) is 0 Å². The van der Waals surface area contributed by atoms with Crippen molar-refractivity contribution in [1.29, 1.82) is 0 Å². The fourth-order valence-corrected chi connectivity index (χ4v) is 2.62. The van der Waals surface area contributed by atoms with Crippen LogP contribution < -0.4 is 10.1 Å². The number of rotatable bonds is 4. The molecule has 3 nitrogen and oxygen atoms in total. The van der Waals surface area contributed by atoms with Crippen LogP contribution in [0.25, 0.3) is 0 Å². The molecule has 1 N–H and O–H groups in total. The largest absolute Gasteiger partial charge is 0.487 e. The Morgan fingerprint density at radius 1 is 1.14 bits per heavy atom. The normalized spacial score (nSPS) is 13.7. The van der Waals surface area contributed by atoms with Crippen molar-refractivity contribution in [1.82, 2.24) is 5.32 Å². The zero-order valence-corrected chi connectivity index (χ0v) is 12.8. The number of aliphatic imine (C=N–C) groups is 1. The van der Waals surface area contributed by atoms with Gasteiger partial charge in [-0.1, -0.05) is 41.4 Å². The standard InChI is InChI=1S/C16H14Cl2N2O/c17-13-4-5-15(14(18)9-13)21-10-11-2-1-3-12(8-11)16-19-6-7-20-16/h1-5,8-9H,6-7,10H2,(H,19,20). The van der Waals surface area contributed by atoms with Crippen molar-refractivity contribution in [2.24, 2.45) is 4.99 Å². The van der Waals surface area contributed by atoms with Crippen LogP contribution >= 0.6 is 23.2 Å². The topological polar surface area (TPSA) is 33.6 Å². The van der Waals surface area contributed by atoms with Crippen LogP contribution in [0, 0.1) is 0 Å². The minimum atomic E-state index is 0.447. The predicted molar refractivity (Wildman–Crippen MR) is 86.6 cm³/mol. The van der Waals surface area contributed by atoms with E-state index in [9.17, 15) is 0 Å². The summed E-state index contributed by atoms with van der Waals surface area (Å²) < 4.78 is 5.74. The lowest BCUT2D eigenvalue weighted by molar-refractivity contribution is 0.306. The molecule has 2 aromatic rings. The van der Waals surface area contributed by atoms with Crippen molar-refractivity contribution in [3.8, 4) is 5.75 Å². The summed E-state index contributed by atoms with van der Waals surface area (Å²) in [7, 11) is 0. The summed E-state index contributed by atoms with van der Waals surface area (Å²) in [6, 6.07) is 13.3. The van der Waals surface area contributed by atoms with Gasteiger partial charge in [0.15, 0.2) is 0 Å². The maximum Gasteiger partial charge on any atom is 0.138 e. The van der Waals surface area contributed by atoms with Gasteiger partial charge in [-0.15, -0.1) is 0 Å². The minimum Gasteiger partial charge on any atom is -0.487 e. The Balaban J connectivity index is 1.71. The van der Waals surface area contributed by atoms with Gasteiger partial charge in [-0.2, -0.15) is 0 Å². The smallest absolute Gasteiger partial charge is 0.138 e. The average Bonchev–Trinajstić information content (AvgIpc) is 3.01. The summed E-state index contributed by atoms with van der Waals surface area (Å²) in [5.41, 5.74) is 2.14. The second kappa shape index (κ2) is 6.37. The zero-order chi connectivity index (χ0) is 14.7. The average molecular weight is 321 g/mol. The summed E-state index contributed by atoms with van der Waals surface area (Å²) in [6.45, 7) is 2.18. The Bertz CT molecular complexity index is 686. The van der Waals surface area contributed by atoms with Gasteiger partial charge in [0.25, 0.3) is 0 Å². The van der Waals surface area contributed by atoms with Gasteiger partial charge in [-0.05, 0) is 29.8 Å². The molecule has 21 heavy (non-hydrogen) atoms. The van der Waals surface area contributed by atoms with E-state index in [0.717, 1.165) is 30.1 Å². The second-order valence-corrected chi connectivity index (χ2v) is 5.56. The lowest BCUT2D eigenvalue weighted by atomic mass is 10.1. The van der Waals surface area contributed by atoms with E-state index in [4.69, 9.17) is 27.9 Å². The van der Waals surface area contributed by atoms with Gasteiger partial charge >= 0.3 is 0 Å². The van der Waals surface area contributed by atoms with Gasteiger partial charge in [0, 0.05) is 17.1 Å². The Hall–Kier alpha value is -1.71. The first-order valence-corrected chi connectivity index (χ1v) is 7.43. The minimum absolute atomic E-state index is 0.447. The number of hydrogen-bond acceptors (Lipinski definition) is 3. The highest BCUT2D eigenvalue weighted by Crippen LogP contribution is 2.28. The number of halogens is 2. The summed E-state index contributed by atoms with van der Waals surface area (Å²) in [5.74, 6) is 1.57. The third-order valence-electron chi connectivity index (χ3n) is 3.16. The van der Waals surface area contributed by atoms with Crippen LogP contribution in [0.3, 0.4) is 0 Å². The fraction of sp³-hybridized carbons (Fsp3) is 0.188. The molecule has 0 spiro atoms. The molecule has 0 atom stereocenters. The van der Waals surface area contributed by atoms with Crippen molar-refractivity contribution >= 4 is 29.0 Å². The van der Waals surface area contributed by atoms with Crippen LogP contribution in [0.2, 0.25) is 10.0 Å². The molecular weight excluding hydrogens is 307 g/mol. The summed E-state index contributed by atoms with van der Waals surface area (Å²) in [5, 5.41) is 4.37. The van der Waals surface area contributed by atoms with Crippen molar-refractivity contribution < 1.29 is 4.74 Å². The molecule has 1 aliphatic heterocycles. The Morgan fingerprint density at radius 2 is 2.05 bits per heavy atom. The quantitative estimate of drug-likeness (QED) is 0.926. The molecule has 0 fully saturated rings. The van der Waals surface area contributed by atoms with Crippen molar-refractivity contribution in [2.45, 2.75) is 6.61 Å². The number of ether oxygens (including phenoxy) is 1. The third kappa shape index (κ3) is 3.49. The highest BCUT2D eigenvalue weighted by Gasteiger charge is 2.09. The van der Waals surface area contributed by atoms with E-state index in [-0.39, 0.29) is 0 Å². The lowest BCUT2D eigenvalue weighted by Crippen LogP contribution is -2.19. The SMILES string of the molecule is Clc1ccc(OCc2cccc(C3=NCCN3)c2)c(Cl)c1. The van der Waals surface area contributed by atoms with Crippen LogP contribution in [0.4, 0.5) is 0 Å². The first-order valence-electron chi connectivity index (χ1n) is 6.68. The summed E-state index contributed by atoms with van der Waals surface area (Å²) >= 11 is 12.0. The van der Waals surface area contributed by atoms with E-state index in [0.29, 0.717) is 22.4 Å². The molecule has 0 aromatic heterocycles. The highest BCUT2D eigenvalue weighted by molar-refractivity contribution is 6.35. The monoisotopic (exact) mass is 320 g/mol. The van der Waals surface area contributed by atoms with E-state index < -0.39 is 0 Å². The molecule has 0 aliphatic carbocycles. The van der Waals surface area contributed by atoms with Gasteiger partial charge < -0.3 is 10.1 Å². The summed E-state index contributed by atoms with van der Waals surface area (Å²) in [6.07, 6.45) is 0. The van der Waals surface area contributed by atoms with Gasteiger partial charge in [-0.25, -0.2) is 0 Å². The number of amidine groups is 1. The molecular formula is C16H14Cl2N2O. The van der Waals surface area contributed by atoms with Crippen molar-refractivity contribution in [3.05, 3.63) is 63.6 Å². The Kier molecular flexibility index (Phi) is 4.32. The van der Waals surface area contributed by atoms with Crippen LogP contribution in [0.5, 0.6) is 5.75 Å². The van der Waals surface area contributed by atoms with Gasteiger partial charge in [0.2, 0.25) is 0 Å². The molecule has 5 heteroatoms. The Morgan fingerprint density at radius 3 is 2.81 bits per heavy atom. The second-order valence-electron chi connectivity index (χ2n) is 4.72. The molecule has 0 saturated carbocycles. The third-order valence-corrected chi connectivity index (χ3v) is 3.69. The number of nitrogens with one attached hydrogen (secondary N) is 1. The number of hydrogen-bond donors (Lipinski definition) is 1. The van der Waals surface area contributed by atoms with E-state index in [2.05, 4.69) is 16.4 Å². The maximum absolute atomic E-state index is 6.09. The highest BCUT2D eigenvalue weighted by atomic mass is 35.5. The van der Waals surface area contributed by atoms with Crippen LogP contribution in [0.15, 0.2) is 47.5 Å². The summed E-state index contributed by atoms with van der Waals surface area (Å²) in [4.78, 5) is 4.42. The van der Waals surface area contributed by atoms with Gasteiger partial charge in [-0.3, -0.25) is 4.99 Å². The molecule has 108 valence electrons. The molecule has 0 radical (unpaired) electrons. The van der Waals surface area contributed by atoms with Crippen molar-refractivity contribution in [3.63, 3.8) is 0 Å². The maximum atomic E-state index is 6.09. The first kappa shape index (κ1) is 14.2. The van der Waals surface area contributed by atoms with Crippen LogP contribution in [-0.2, 0) is 6.61 Å². The zero-order valence-electron chi connectivity index (χ0n) is 11.3. The molecule has 0 amide bonds. The van der Waals surface area contributed by atoms with Crippen LogP contribution in [-0.4, -0.2) is 18.9 Å². The molecule has 2 aromatic carbocycles. The van der Waals surface area contributed by atoms with Gasteiger partial charge in [0.05, 0.1) is 11.6 Å². The molecule has 1 aliphatic rings.